The first-order chi connectivity index (χ1) is 20.6. The number of sulfonamides is 1. The molecule has 3 rings (SSSR count). The first-order valence-corrected chi connectivity index (χ1v) is 16.7. The lowest BCUT2D eigenvalue weighted by molar-refractivity contribution is 0.000989. The number of rotatable bonds is 8. The van der Waals surface area contributed by atoms with E-state index in [1.54, 1.807) is 41.5 Å². The molecule has 0 radical (unpaired) electrons. The van der Waals surface area contributed by atoms with Gasteiger partial charge in [-0.05, 0) is 121 Å². The van der Waals surface area contributed by atoms with Crippen LogP contribution >= 0.6 is 15.9 Å². The minimum atomic E-state index is -4.47. The molecule has 248 valence electrons. The molecule has 1 fully saturated rings. The fraction of sp³-hybridized carbons (Fsp3) is 0.567. The zero-order valence-electron chi connectivity index (χ0n) is 26.8. The molecule has 3 amide bonds. The van der Waals surface area contributed by atoms with Crippen molar-refractivity contribution in [2.75, 3.05) is 18.0 Å². The number of halogens is 2. The van der Waals surface area contributed by atoms with Crippen LogP contribution in [0.25, 0.3) is 0 Å². The van der Waals surface area contributed by atoms with Crippen LogP contribution in [0.4, 0.5) is 19.8 Å². The second kappa shape index (κ2) is 13.6. The van der Waals surface area contributed by atoms with Crippen molar-refractivity contribution in [1.82, 2.24) is 19.6 Å². The van der Waals surface area contributed by atoms with Gasteiger partial charge in [0.1, 0.15) is 21.6 Å². The molecule has 2 aromatic rings. The van der Waals surface area contributed by atoms with Gasteiger partial charge in [-0.25, -0.2) is 29.2 Å². The minimum Gasteiger partial charge on any atom is -0.443 e. The Morgan fingerprint density at radius 2 is 1.64 bits per heavy atom. The van der Waals surface area contributed by atoms with Crippen LogP contribution in [0.2, 0.25) is 0 Å². The second-order valence-electron chi connectivity index (χ2n) is 13.5. The summed E-state index contributed by atoms with van der Waals surface area (Å²) in [5.41, 5.74) is -2.09. The van der Waals surface area contributed by atoms with Gasteiger partial charge in [-0.15, -0.1) is 0 Å². The Morgan fingerprint density at radius 1 is 1.04 bits per heavy atom. The van der Waals surface area contributed by atoms with Crippen molar-refractivity contribution < 1.29 is 36.7 Å². The van der Waals surface area contributed by atoms with Crippen molar-refractivity contribution in [3.05, 3.63) is 46.4 Å². The summed E-state index contributed by atoms with van der Waals surface area (Å²) >= 11 is 3.35. The number of carbonyl (C=O) groups excluding carboxylic acids is 3. The van der Waals surface area contributed by atoms with Crippen molar-refractivity contribution in [2.45, 2.75) is 96.4 Å². The van der Waals surface area contributed by atoms with Gasteiger partial charge in [-0.1, -0.05) is 6.07 Å². The van der Waals surface area contributed by atoms with Gasteiger partial charge < -0.3 is 14.4 Å². The van der Waals surface area contributed by atoms with Crippen molar-refractivity contribution in [3.63, 3.8) is 0 Å². The van der Waals surface area contributed by atoms with Crippen molar-refractivity contribution >= 4 is 49.9 Å². The summed E-state index contributed by atoms with van der Waals surface area (Å²) < 4.78 is 52.5. The van der Waals surface area contributed by atoms with Gasteiger partial charge in [0.15, 0.2) is 5.03 Å². The van der Waals surface area contributed by atoms with E-state index in [9.17, 15) is 27.2 Å². The summed E-state index contributed by atoms with van der Waals surface area (Å²) in [6, 6.07) is 6.24. The monoisotopic (exact) mass is 713 g/mol. The van der Waals surface area contributed by atoms with E-state index in [0.717, 1.165) is 17.0 Å². The maximum absolute atomic E-state index is 13.6. The highest BCUT2D eigenvalue weighted by atomic mass is 79.9. The van der Waals surface area contributed by atoms with E-state index in [1.807, 2.05) is 23.5 Å². The van der Waals surface area contributed by atoms with E-state index >= 15 is 0 Å². The number of hydrogen-bond acceptors (Lipinski definition) is 10. The smallest absolute Gasteiger partial charge is 0.419 e. The van der Waals surface area contributed by atoms with E-state index in [-0.39, 0.29) is 23.8 Å². The van der Waals surface area contributed by atoms with Crippen LogP contribution in [-0.2, 0) is 19.5 Å². The number of anilines is 1. The second-order valence-corrected chi connectivity index (χ2v) is 15.9. The third-order valence-electron chi connectivity index (χ3n) is 6.71. The maximum atomic E-state index is 13.6. The van der Waals surface area contributed by atoms with Crippen molar-refractivity contribution in [1.29, 1.82) is 0 Å². The van der Waals surface area contributed by atoms with Crippen molar-refractivity contribution in [2.24, 2.45) is 5.92 Å². The van der Waals surface area contributed by atoms with Gasteiger partial charge in [-0.3, -0.25) is 4.79 Å². The van der Waals surface area contributed by atoms with Crippen molar-refractivity contribution in [3.8, 4) is 0 Å². The van der Waals surface area contributed by atoms with Gasteiger partial charge in [0.05, 0.1) is 5.56 Å². The maximum Gasteiger partial charge on any atom is 0.419 e. The summed E-state index contributed by atoms with van der Waals surface area (Å²) in [5.74, 6) is -1.60. The average molecular weight is 715 g/mol. The topological polar surface area (TPSA) is 148 Å². The summed E-state index contributed by atoms with van der Waals surface area (Å²) in [6.45, 7) is 14.8. The highest BCUT2D eigenvalue weighted by Crippen LogP contribution is 2.39. The molecular weight excluding hydrogens is 673 g/mol. The molecule has 0 bridgehead atoms. The number of imide groups is 1. The molecule has 2 aromatic heterocycles. The zero-order valence-corrected chi connectivity index (χ0v) is 29.2. The lowest BCUT2D eigenvalue weighted by Gasteiger charge is -2.33. The standard InChI is InChI=1S/C30H41BrFN5O7S/c1-28(2,3)43-26(39)36(27(40)44-29(4,5)6)16-10-11-19-17-30(7,8)37(18-19)24-20(14-15-21(31)33-24)25(38)35-45(41,42)23-13-9-12-22(32)34-23/h9,12-15,19H,10-11,16-18H2,1-8H3,(H,35,38)/t19-/m0/s1. The van der Waals surface area contributed by atoms with Crippen LogP contribution in [0, 0.1) is 11.9 Å². The number of amides is 3. The molecule has 0 aromatic carbocycles. The van der Waals surface area contributed by atoms with E-state index in [1.165, 1.54) is 18.2 Å². The number of aromatic nitrogens is 2. The summed E-state index contributed by atoms with van der Waals surface area (Å²) in [6.07, 6.45) is 0.194. The molecule has 15 heteroatoms. The Balaban J connectivity index is 1.77. The molecule has 3 heterocycles. The van der Waals surface area contributed by atoms with E-state index in [4.69, 9.17) is 9.47 Å². The molecule has 12 nitrogen and oxygen atoms in total. The average Bonchev–Trinajstić information content (AvgIpc) is 3.17. The molecule has 1 N–H and O–H groups in total. The molecule has 1 aliphatic heterocycles. The zero-order chi connectivity index (χ0) is 34.0. The fourth-order valence-electron chi connectivity index (χ4n) is 4.96. The van der Waals surface area contributed by atoms with E-state index in [0.29, 0.717) is 30.4 Å². The molecule has 1 aliphatic rings. The molecule has 45 heavy (non-hydrogen) atoms. The minimum absolute atomic E-state index is 0.00734. The number of nitrogens with one attached hydrogen (secondary N) is 1. The first-order valence-electron chi connectivity index (χ1n) is 14.5. The highest BCUT2D eigenvalue weighted by molar-refractivity contribution is 9.10. The Bertz CT molecular complexity index is 1510. The van der Waals surface area contributed by atoms with Crippen LogP contribution < -0.4 is 9.62 Å². The van der Waals surface area contributed by atoms with E-state index < -0.39 is 55.8 Å². The quantitative estimate of drug-likeness (QED) is 0.320. The Morgan fingerprint density at radius 3 is 2.20 bits per heavy atom. The number of carbonyl (C=O) groups is 3. The van der Waals surface area contributed by atoms with Gasteiger partial charge in [-0.2, -0.15) is 12.8 Å². The van der Waals surface area contributed by atoms with Gasteiger partial charge in [0, 0.05) is 18.6 Å². The molecule has 0 aliphatic carbocycles. The van der Waals surface area contributed by atoms with Crippen LogP contribution in [0.15, 0.2) is 40.0 Å². The largest absolute Gasteiger partial charge is 0.443 e. The van der Waals surface area contributed by atoms with E-state index in [2.05, 4.69) is 25.9 Å². The molecule has 1 saturated heterocycles. The van der Waals surface area contributed by atoms with Gasteiger partial charge in [0.25, 0.3) is 15.9 Å². The van der Waals surface area contributed by atoms with Crippen LogP contribution in [0.1, 0.15) is 85.0 Å². The summed E-state index contributed by atoms with van der Waals surface area (Å²) in [5, 5.41) is -0.629. The third kappa shape index (κ3) is 10.1. The Labute approximate surface area is 272 Å². The first kappa shape index (κ1) is 36.1. The molecule has 0 saturated carbocycles. The predicted octanol–water partition coefficient (Wildman–Crippen LogP) is 6.05. The van der Waals surface area contributed by atoms with Crippen LogP contribution in [-0.4, -0.2) is 71.2 Å². The van der Waals surface area contributed by atoms with Gasteiger partial charge in [0.2, 0.25) is 5.95 Å². The lowest BCUT2D eigenvalue weighted by Crippen LogP contribution is -2.44. The number of pyridine rings is 2. The fourth-order valence-corrected chi connectivity index (χ4v) is 6.18. The SMILES string of the molecule is CC(C)(C)OC(=O)N(CCC[C@@H]1CN(c2nc(Br)ccc2C(=O)NS(=O)(=O)c2cccc(F)n2)C(C)(C)C1)C(=O)OC(C)(C)C. The molecule has 1 atom stereocenters. The number of hydrogen-bond donors (Lipinski definition) is 1. The molecule has 0 unspecified atom stereocenters. The number of ether oxygens (including phenoxy) is 2. The Hall–Kier alpha value is -3.33. The highest BCUT2D eigenvalue weighted by Gasteiger charge is 2.41. The summed E-state index contributed by atoms with van der Waals surface area (Å²) in [7, 11) is -4.47. The third-order valence-corrected chi connectivity index (χ3v) is 8.39. The normalized spacial score (nSPS) is 16.7. The predicted molar refractivity (Wildman–Crippen MR) is 169 cm³/mol. The molecule has 0 spiro atoms. The summed E-state index contributed by atoms with van der Waals surface area (Å²) in [4.78, 5) is 49.8. The molecular formula is C30H41BrFN5O7S. The Kier molecular flexibility index (Phi) is 10.9. The van der Waals surface area contributed by atoms with Crippen LogP contribution in [0.5, 0.6) is 0 Å². The lowest BCUT2D eigenvalue weighted by atomic mass is 9.93. The van der Waals surface area contributed by atoms with Gasteiger partial charge >= 0.3 is 12.2 Å². The number of nitrogens with zero attached hydrogens (tertiary/aromatic N) is 4. The van der Waals surface area contributed by atoms with Crippen LogP contribution in [0.3, 0.4) is 0 Å².